The molecular formula is C30H40F3N3O4Si. The molecule has 1 N–H and O–H groups in total. The molecule has 0 radical (unpaired) electrons. The summed E-state index contributed by atoms with van der Waals surface area (Å²) in [6, 6.07) is 13.1. The molecule has 3 aromatic rings. The summed E-state index contributed by atoms with van der Waals surface area (Å²) in [7, 11) is -1.29. The molecule has 0 saturated carbocycles. The van der Waals surface area contributed by atoms with Crippen LogP contribution in [-0.4, -0.2) is 60.3 Å². The van der Waals surface area contributed by atoms with E-state index in [1.54, 1.807) is 18.5 Å². The van der Waals surface area contributed by atoms with Crippen molar-refractivity contribution < 1.29 is 32.5 Å². The summed E-state index contributed by atoms with van der Waals surface area (Å²) >= 11 is 0. The molecule has 1 unspecified atom stereocenters. The van der Waals surface area contributed by atoms with Crippen molar-refractivity contribution in [1.29, 1.82) is 0 Å². The van der Waals surface area contributed by atoms with Crippen molar-refractivity contribution in [2.45, 2.75) is 76.8 Å². The number of piperidine rings is 1. The van der Waals surface area contributed by atoms with Crippen LogP contribution in [0.15, 0.2) is 42.5 Å². The molecule has 41 heavy (non-hydrogen) atoms. The number of likely N-dealkylation sites (tertiary alicyclic amines) is 1. The molecule has 1 aliphatic heterocycles. The fourth-order valence-electron chi connectivity index (χ4n) is 5.32. The summed E-state index contributed by atoms with van der Waals surface area (Å²) in [6.07, 6.45) is -5.07. The Morgan fingerprint density at radius 1 is 1.15 bits per heavy atom. The number of aryl methyl sites for hydroxylation is 1. The van der Waals surface area contributed by atoms with Crippen molar-refractivity contribution in [2.24, 2.45) is 0 Å². The van der Waals surface area contributed by atoms with Crippen LogP contribution in [-0.2, 0) is 27.8 Å². The van der Waals surface area contributed by atoms with Crippen molar-refractivity contribution in [3.05, 3.63) is 64.8 Å². The van der Waals surface area contributed by atoms with Gasteiger partial charge in [0.25, 0.3) is 0 Å². The minimum atomic E-state index is -4.53. The highest BCUT2D eigenvalue weighted by atomic mass is 28.3. The zero-order valence-electron chi connectivity index (χ0n) is 24.4. The number of fused-ring (bicyclic) bond motifs is 1. The van der Waals surface area contributed by atoms with Crippen LogP contribution in [0.3, 0.4) is 0 Å². The average Bonchev–Trinajstić information content (AvgIpc) is 3.24. The molecule has 1 fully saturated rings. The van der Waals surface area contributed by atoms with Crippen molar-refractivity contribution in [1.82, 2.24) is 14.7 Å². The van der Waals surface area contributed by atoms with E-state index in [9.17, 15) is 23.1 Å². The number of hydrogen-bond donors (Lipinski definition) is 1. The number of aromatic nitrogens is 2. The first kappa shape index (κ1) is 31.1. The number of alkyl halides is 3. The van der Waals surface area contributed by atoms with E-state index in [0.717, 1.165) is 23.7 Å². The normalized spacial score (nSPS) is 16.7. The number of hydrogen-bond acceptors (Lipinski definition) is 4. The van der Waals surface area contributed by atoms with Gasteiger partial charge in [-0.3, -0.25) is 0 Å². The first-order valence-corrected chi connectivity index (χ1v) is 17.7. The van der Waals surface area contributed by atoms with Gasteiger partial charge in [-0.05, 0) is 50.4 Å². The maximum atomic E-state index is 14.0. The Kier molecular flexibility index (Phi) is 9.20. The summed E-state index contributed by atoms with van der Waals surface area (Å²) < 4.78 is 55.8. The van der Waals surface area contributed by atoms with Crippen LogP contribution in [0.25, 0.3) is 10.9 Å². The Hall–Kier alpha value is -2.89. The van der Waals surface area contributed by atoms with Gasteiger partial charge in [-0.1, -0.05) is 50.0 Å². The van der Waals surface area contributed by atoms with Crippen molar-refractivity contribution in [3.63, 3.8) is 0 Å². The Morgan fingerprint density at radius 3 is 2.39 bits per heavy atom. The maximum Gasteiger partial charge on any atom is 0.416 e. The van der Waals surface area contributed by atoms with Crippen LogP contribution in [0.5, 0.6) is 0 Å². The summed E-state index contributed by atoms with van der Waals surface area (Å²) in [6.45, 7) is 12.0. The molecule has 2 aromatic carbocycles. The van der Waals surface area contributed by atoms with E-state index < -0.39 is 37.4 Å². The molecule has 2 heterocycles. The number of nitrogens with zero attached hydrogens (tertiary/aromatic N) is 3. The van der Waals surface area contributed by atoms with Gasteiger partial charge in [0, 0.05) is 49.8 Å². The van der Waals surface area contributed by atoms with Gasteiger partial charge in [0.15, 0.2) is 0 Å². The lowest BCUT2D eigenvalue weighted by Gasteiger charge is -2.41. The molecule has 1 saturated heterocycles. The molecule has 0 spiro atoms. The molecule has 4 rings (SSSR count). The number of halogens is 3. The minimum Gasteiger partial charge on any atom is -0.465 e. The fourth-order valence-corrected chi connectivity index (χ4v) is 6.07. The molecule has 0 aliphatic carbocycles. The molecule has 1 amide bonds. The highest BCUT2D eigenvalue weighted by Crippen LogP contribution is 2.40. The molecule has 1 aromatic heterocycles. The van der Waals surface area contributed by atoms with Crippen LogP contribution >= 0.6 is 0 Å². The van der Waals surface area contributed by atoms with E-state index in [4.69, 9.17) is 9.47 Å². The smallest absolute Gasteiger partial charge is 0.416 e. The van der Waals surface area contributed by atoms with Gasteiger partial charge in [0.1, 0.15) is 6.73 Å². The lowest BCUT2D eigenvalue weighted by Crippen LogP contribution is -2.47. The lowest BCUT2D eigenvalue weighted by molar-refractivity contribution is -0.137. The van der Waals surface area contributed by atoms with Crippen molar-refractivity contribution in [3.8, 4) is 0 Å². The summed E-state index contributed by atoms with van der Waals surface area (Å²) in [5.41, 5.74) is 1.26. The molecule has 7 nitrogen and oxygen atoms in total. The van der Waals surface area contributed by atoms with Gasteiger partial charge in [-0.15, -0.1) is 0 Å². The summed E-state index contributed by atoms with van der Waals surface area (Å²) in [5.74, 6) is 0. The second-order valence-electron chi connectivity index (χ2n) is 12.3. The second-order valence-corrected chi connectivity index (χ2v) is 17.9. The first-order chi connectivity index (χ1) is 19.2. The third-order valence-corrected chi connectivity index (χ3v) is 9.80. The third-order valence-electron chi connectivity index (χ3n) is 8.10. The SMILES string of the molecule is Cc1c2cc(C(F)(F)F)cc(C(C)OCC3(c4ccccc4)CCN(C(=O)O)CC3)c2nn1COCC[Si](C)(C)C. The summed E-state index contributed by atoms with van der Waals surface area (Å²) in [5, 5.41) is 14.5. The largest absolute Gasteiger partial charge is 0.465 e. The van der Waals surface area contributed by atoms with E-state index in [2.05, 4.69) is 24.7 Å². The molecule has 224 valence electrons. The number of ether oxygens (including phenoxy) is 2. The van der Waals surface area contributed by atoms with E-state index in [1.165, 1.54) is 4.90 Å². The van der Waals surface area contributed by atoms with E-state index in [1.807, 2.05) is 30.3 Å². The number of rotatable bonds is 10. The Balaban J connectivity index is 1.62. The zero-order chi connectivity index (χ0) is 30.0. The van der Waals surface area contributed by atoms with Gasteiger partial charge < -0.3 is 19.5 Å². The molecule has 1 atom stereocenters. The zero-order valence-corrected chi connectivity index (χ0v) is 25.4. The second kappa shape index (κ2) is 12.1. The van der Waals surface area contributed by atoms with E-state index in [0.29, 0.717) is 54.7 Å². The minimum absolute atomic E-state index is 0.165. The van der Waals surface area contributed by atoms with Gasteiger partial charge in [-0.25, -0.2) is 9.48 Å². The maximum absolute atomic E-state index is 14.0. The monoisotopic (exact) mass is 591 g/mol. The van der Waals surface area contributed by atoms with E-state index >= 15 is 0 Å². The predicted octanol–water partition coefficient (Wildman–Crippen LogP) is 7.47. The standard InChI is InChI=1S/C30H40F3N3O4Si/c1-21-25-17-24(30(31,32)33)18-26(27(25)34-36(21)20-39-15-16-41(3,4)5)22(2)40-19-29(23-9-7-6-8-10-23)11-13-35(14-12-29)28(37)38/h6-10,17-18,22H,11-16,19-20H2,1-5H3,(H,37,38). The van der Waals surface area contributed by atoms with Crippen LogP contribution < -0.4 is 0 Å². The van der Waals surface area contributed by atoms with Gasteiger partial charge in [-0.2, -0.15) is 18.3 Å². The number of carbonyl (C=O) groups is 1. The molecule has 11 heteroatoms. The Morgan fingerprint density at radius 2 is 1.80 bits per heavy atom. The van der Waals surface area contributed by atoms with Crippen LogP contribution in [0, 0.1) is 6.92 Å². The average molecular weight is 592 g/mol. The quantitative estimate of drug-likeness (QED) is 0.196. The number of benzene rings is 2. The predicted molar refractivity (Wildman–Crippen MR) is 155 cm³/mol. The molecule has 0 bridgehead atoms. The topological polar surface area (TPSA) is 76.8 Å². The van der Waals surface area contributed by atoms with E-state index in [-0.39, 0.29) is 13.3 Å². The highest BCUT2D eigenvalue weighted by molar-refractivity contribution is 6.76. The van der Waals surface area contributed by atoms with Crippen LogP contribution in [0.4, 0.5) is 18.0 Å². The lowest BCUT2D eigenvalue weighted by atomic mass is 9.73. The third kappa shape index (κ3) is 7.31. The van der Waals surface area contributed by atoms with Gasteiger partial charge >= 0.3 is 12.3 Å². The molecular weight excluding hydrogens is 551 g/mol. The molecule has 1 aliphatic rings. The van der Waals surface area contributed by atoms with Gasteiger partial charge in [0.05, 0.1) is 23.8 Å². The number of amides is 1. The first-order valence-electron chi connectivity index (χ1n) is 14.0. The van der Waals surface area contributed by atoms with Crippen LogP contribution in [0.2, 0.25) is 25.7 Å². The van der Waals surface area contributed by atoms with Gasteiger partial charge in [0.2, 0.25) is 0 Å². The Labute approximate surface area is 240 Å². The van der Waals surface area contributed by atoms with Crippen molar-refractivity contribution >= 4 is 25.1 Å². The fraction of sp³-hybridized carbons (Fsp3) is 0.533. The number of carboxylic acid groups (broad SMARTS) is 1. The highest BCUT2D eigenvalue weighted by Gasteiger charge is 2.39. The Bertz CT molecular complexity index is 1350. The summed E-state index contributed by atoms with van der Waals surface area (Å²) in [4.78, 5) is 12.9. The van der Waals surface area contributed by atoms with Crippen LogP contribution in [0.1, 0.15) is 48.3 Å². The van der Waals surface area contributed by atoms with Crippen molar-refractivity contribution in [2.75, 3.05) is 26.3 Å².